The number of hydrogen-bond donors (Lipinski definition) is 2. The van der Waals surface area contributed by atoms with Crippen LogP contribution < -0.4 is 10.2 Å². The van der Waals surface area contributed by atoms with Crippen LogP contribution in [0.5, 0.6) is 0 Å². The van der Waals surface area contributed by atoms with Crippen molar-refractivity contribution in [3.8, 4) is 0 Å². The molecule has 1 amide bonds. The maximum atomic E-state index is 11.9. The average Bonchev–Trinajstić information content (AvgIpc) is 2.79. The van der Waals surface area contributed by atoms with Crippen molar-refractivity contribution < 1.29 is 14.1 Å². The Hall–Kier alpha value is -1.63. The van der Waals surface area contributed by atoms with E-state index in [4.69, 9.17) is 27.6 Å². The Morgan fingerprint density at radius 3 is 2.71 bits per heavy atom. The number of nitrogens with one attached hydrogen (secondary N) is 2. The van der Waals surface area contributed by atoms with Crippen LogP contribution in [0.25, 0.3) is 0 Å². The molecule has 2 N–H and O–H groups in total. The van der Waals surface area contributed by atoms with Gasteiger partial charge in [0.15, 0.2) is 13.1 Å². The molecule has 0 aliphatic carbocycles. The van der Waals surface area contributed by atoms with Gasteiger partial charge in [-0.05, 0) is 18.2 Å². The number of aromatic nitrogens is 2. The number of hydrogen-bond acceptors (Lipinski definition) is 4. The molecular weight excluding hydrogens is 315 g/mol. The van der Waals surface area contributed by atoms with Gasteiger partial charge in [0, 0.05) is 12.6 Å². The van der Waals surface area contributed by atoms with Gasteiger partial charge in [-0.1, -0.05) is 23.2 Å². The topological polar surface area (TPSA) is 72.5 Å². The molecule has 1 atom stereocenters. The standard InChI is InChI=1S/C13H14Cl2N4O2/c1-8-17-18-13(21-8)7-19(2)6-12(20)16-9-3-4-10(14)11(15)5-9/h3-5H,6-7H2,1-2H3,(H,16,20)/p+1. The van der Waals surface area contributed by atoms with Gasteiger partial charge in [0.2, 0.25) is 5.89 Å². The monoisotopic (exact) mass is 329 g/mol. The summed E-state index contributed by atoms with van der Waals surface area (Å²) in [5.74, 6) is 0.882. The summed E-state index contributed by atoms with van der Waals surface area (Å²) >= 11 is 11.7. The zero-order valence-electron chi connectivity index (χ0n) is 11.6. The first-order chi connectivity index (χ1) is 9.94. The molecule has 1 aromatic heterocycles. The van der Waals surface area contributed by atoms with E-state index < -0.39 is 0 Å². The molecule has 1 aromatic carbocycles. The average molecular weight is 330 g/mol. The van der Waals surface area contributed by atoms with E-state index in [9.17, 15) is 4.79 Å². The molecule has 8 heteroatoms. The van der Waals surface area contributed by atoms with Crippen LogP contribution in [0.2, 0.25) is 10.0 Å². The second-order valence-corrected chi connectivity index (χ2v) is 5.52. The molecule has 0 fully saturated rings. The number of benzene rings is 1. The molecule has 6 nitrogen and oxygen atoms in total. The number of anilines is 1. The van der Waals surface area contributed by atoms with Crippen molar-refractivity contribution in [2.75, 3.05) is 18.9 Å². The van der Waals surface area contributed by atoms with Gasteiger partial charge in [0.05, 0.1) is 17.1 Å². The number of amides is 1. The second-order valence-electron chi connectivity index (χ2n) is 4.70. The van der Waals surface area contributed by atoms with Crippen LogP contribution >= 0.6 is 23.2 Å². The van der Waals surface area contributed by atoms with Gasteiger partial charge in [-0.15, -0.1) is 10.2 Å². The van der Waals surface area contributed by atoms with Crippen molar-refractivity contribution in [3.63, 3.8) is 0 Å². The number of carbonyl (C=O) groups is 1. The van der Waals surface area contributed by atoms with Crippen molar-refractivity contribution >= 4 is 34.8 Å². The Morgan fingerprint density at radius 2 is 2.10 bits per heavy atom. The fourth-order valence-corrected chi connectivity index (χ4v) is 2.08. The van der Waals surface area contributed by atoms with E-state index in [0.29, 0.717) is 34.1 Å². The van der Waals surface area contributed by atoms with E-state index >= 15 is 0 Å². The van der Waals surface area contributed by atoms with Crippen molar-refractivity contribution in [1.29, 1.82) is 0 Å². The Kier molecular flexibility index (Phi) is 5.17. The van der Waals surface area contributed by atoms with Gasteiger partial charge >= 0.3 is 0 Å². The van der Waals surface area contributed by atoms with Crippen molar-refractivity contribution in [2.24, 2.45) is 0 Å². The summed E-state index contributed by atoms with van der Waals surface area (Å²) in [6.45, 7) is 2.47. The molecule has 0 aliphatic heterocycles. The molecular formula is C13H15Cl2N4O2+. The summed E-state index contributed by atoms with van der Waals surface area (Å²) in [6.07, 6.45) is 0. The maximum absolute atomic E-state index is 11.9. The van der Waals surface area contributed by atoms with Crippen LogP contribution in [-0.2, 0) is 11.3 Å². The number of aryl methyl sites for hydroxylation is 1. The van der Waals surface area contributed by atoms with Gasteiger partial charge < -0.3 is 14.6 Å². The van der Waals surface area contributed by atoms with Gasteiger partial charge in [0.25, 0.3) is 11.8 Å². The van der Waals surface area contributed by atoms with Gasteiger partial charge in [0.1, 0.15) is 0 Å². The molecule has 2 rings (SSSR count). The highest BCUT2D eigenvalue weighted by Gasteiger charge is 2.14. The third-order valence-electron chi connectivity index (χ3n) is 2.69. The fourth-order valence-electron chi connectivity index (χ4n) is 1.78. The fraction of sp³-hybridized carbons (Fsp3) is 0.308. The first kappa shape index (κ1) is 15.8. The molecule has 0 spiro atoms. The minimum Gasteiger partial charge on any atom is -0.420 e. The SMILES string of the molecule is Cc1nnc(C[NH+](C)CC(=O)Nc2ccc(Cl)c(Cl)c2)o1. The van der Waals surface area contributed by atoms with Crippen LogP contribution in [0.1, 0.15) is 11.8 Å². The summed E-state index contributed by atoms with van der Waals surface area (Å²) in [7, 11) is 1.87. The van der Waals surface area contributed by atoms with Crippen LogP contribution in [-0.4, -0.2) is 29.7 Å². The van der Waals surface area contributed by atoms with E-state index in [-0.39, 0.29) is 12.5 Å². The summed E-state index contributed by atoms with van der Waals surface area (Å²) in [6, 6.07) is 4.94. The molecule has 21 heavy (non-hydrogen) atoms. The van der Waals surface area contributed by atoms with E-state index in [1.807, 2.05) is 7.05 Å². The number of likely N-dealkylation sites (N-methyl/N-ethyl adjacent to an activating group) is 1. The van der Waals surface area contributed by atoms with Crippen molar-refractivity contribution in [3.05, 3.63) is 40.0 Å². The third-order valence-corrected chi connectivity index (χ3v) is 3.43. The highest BCUT2D eigenvalue weighted by molar-refractivity contribution is 6.42. The van der Waals surface area contributed by atoms with Crippen LogP contribution in [0.15, 0.2) is 22.6 Å². The quantitative estimate of drug-likeness (QED) is 0.868. The van der Waals surface area contributed by atoms with Crippen LogP contribution in [0.4, 0.5) is 5.69 Å². The predicted octanol–water partition coefficient (Wildman–Crippen LogP) is 1.34. The van der Waals surface area contributed by atoms with Gasteiger partial charge in [-0.2, -0.15) is 0 Å². The smallest absolute Gasteiger partial charge is 0.279 e. The molecule has 1 unspecified atom stereocenters. The van der Waals surface area contributed by atoms with Crippen LogP contribution in [0, 0.1) is 6.92 Å². The van der Waals surface area contributed by atoms with Gasteiger partial charge in [-0.25, -0.2) is 0 Å². The first-order valence-electron chi connectivity index (χ1n) is 6.29. The van der Waals surface area contributed by atoms with E-state index in [1.165, 1.54) is 0 Å². The zero-order chi connectivity index (χ0) is 15.4. The van der Waals surface area contributed by atoms with E-state index in [1.54, 1.807) is 25.1 Å². The number of nitrogens with zero attached hydrogens (tertiary/aromatic N) is 2. The van der Waals surface area contributed by atoms with Crippen LogP contribution in [0.3, 0.4) is 0 Å². The number of halogens is 2. The summed E-state index contributed by atoms with van der Waals surface area (Å²) in [5, 5.41) is 11.3. The molecule has 112 valence electrons. The number of rotatable bonds is 5. The summed E-state index contributed by atoms with van der Waals surface area (Å²) in [4.78, 5) is 12.9. The minimum absolute atomic E-state index is 0.137. The normalized spacial score (nSPS) is 12.2. The highest BCUT2D eigenvalue weighted by Crippen LogP contribution is 2.24. The Bertz CT molecular complexity index is 645. The molecule has 0 saturated heterocycles. The second kappa shape index (κ2) is 6.89. The number of quaternary nitrogens is 1. The summed E-state index contributed by atoms with van der Waals surface area (Å²) in [5.41, 5.74) is 0.607. The van der Waals surface area contributed by atoms with E-state index in [0.717, 1.165) is 4.90 Å². The first-order valence-corrected chi connectivity index (χ1v) is 7.05. The zero-order valence-corrected chi connectivity index (χ0v) is 13.1. The molecule has 0 aliphatic rings. The maximum Gasteiger partial charge on any atom is 0.279 e. The molecule has 2 aromatic rings. The lowest BCUT2D eigenvalue weighted by atomic mass is 10.3. The molecule has 1 heterocycles. The summed E-state index contributed by atoms with van der Waals surface area (Å²) < 4.78 is 5.28. The largest absolute Gasteiger partial charge is 0.420 e. The molecule has 0 bridgehead atoms. The Morgan fingerprint density at radius 1 is 1.33 bits per heavy atom. The van der Waals surface area contributed by atoms with Gasteiger partial charge in [-0.3, -0.25) is 4.79 Å². The predicted molar refractivity (Wildman–Crippen MR) is 79.6 cm³/mol. The molecule has 0 saturated carbocycles. The Labute approximate surface area is 132 Å². The Balaban J connectivity index is 1.87. The lowest BCUT2D eigenvalue weighted by Gasteiger charge is -2.12. The molecule has 0 radical (unpaired) electrons. The van der Waals surface area contributed by atoms with E-state index in [2.05, 4.69) is 15.5 Å². The lowest BCUT2D eigenvalue weighted by Crippen LogP contribution is -3.08. The highest BCUT2D eigenvalue weighted by atomic mass is 35.5. The third kappa shape index (κ3) is 4.70. The van der Waals surface area contributed by atoms with Crippen molar-refractivity contribution in [2.45, 2.75) is 13.5 Å². The minimum atomic E-state index is -0.137. The lowest BCUT2D eigenvalue weighted by molar-refractivity contribution is -0.886. The van der Waals surface area contributed by atoms with Crippen molar-refractivity contribution in [1.82, 2.24) is 10.2 Å². The number of carbonyl (C=O) groups excluding carboxylic acids is 1.